The molecule has 8 heteroatoms. The van der Waals surface area contributed by atoms with Crippen molar-refractivity contribution in [3.8, 4) is 11.5 Å². The molecule has 0 saturated carbocycles. The lowest BCUT2D eigenvalue weighted by molar-refractivity contribution is 0.0948. The molecule has 1 aromatic heterocycles. The molecule has 1 N–H and O–H groups in total. The fourth-order valence-electron chi connectivity index (χ4n) is 2.85. The van der Waals surface area contributed by atoms with Crippen molar-refractivity contribution in [1.29, 1.82) is 0 Å². The van der Waals surface area contributed by atoms with Crippen molar-refractivity contribution in [2.75, 3.05) is 52.0 Å². The summed E-state index contributed by atoms with van der Waals surface area (Å²) in [6.45, 7) is 3.42. The van der Waals surface area contributed by atoms with Crippen LogP contribution in [0.3, 0.4) is 0 Å². The molecule has 1 amide bonds. The molecule has 2 heterocycles. The third kappa shape index (κ3) is 4.85. The first kappa shape index (κ1) is 18.9. The number of aromatic nitrogens is 2. The molecule has 1 aliphatic heterocycles. The second-order valence-electron chi connectivity index (χ2n) is 6.07. The fraction of sp³-hybridized carbons (Fsp3) is 0.421. The Morgan fingerprint density at radius 2 is 1.89 bits per heavy atom. The molecule has 2 aromatic rings. The second-order valence-corrected chi connectivity index (χ2v) is 6.07. The lowest BCUT2D eigenvalue weighted by atomic mass is 10.1. The maximum Gasteiger partial charge on any atom is 0.271 e. The van der Waals surface area contributed by atoms with E-state index in [4.69, 9.17) is 14.2 Å². The molecule has 0 spiro atoms. The van der Waals surface area contributed by atoms with Crippen molar-refractivity contribution in [3.63, 3.8) is 0 Å². The summed E-state index contributed by atoms with van der Waals surface area (Å²) in [7, 11) is 3.20. The van der Waals surface area contributed by atoms with Crippen molar-refractivity contribution in [2.24, 2.45) is 0 Å². The van der Waals surface area contributed by atoms with Gasteiger partial charge in [0.2, 0.25) is 0 Å². The van der Waals surface area contributed by atoms with Crippen LogP contribution < -0.4 is 19.7 Å². The van der Waals surface area contributed by atoms with Crippen molar-refractivity contribution in [1.82, 2.24) is 15.5 Å². The first-order valence-corrected chi connectivity index (χ1v) is 8.87. The highest BCUT2D eigenvalue weighted by Crippen LogP contribution is 2.27. The average Bonchev–Trinajstić information content (AvgIpc) is 2.74. The summed E-state index contributed by atoms with van der Waals surface area (Å²) < 4.78 is 15.8. The Bertz CT molecular complexity index is 761. The van der Waals surface area contributed by atoms with Gasteiger partial charge in [-0.05, 0) is 36.2 Å². The topological polar surface area (TPSA) is 85.8 Å². The van der Waals surface area contributed by atoms with E-state index in [0.29, 0.717) is 43.4 Å². The summed E-state index contributed by atoms with van der Waals surface area (Å²) in [6.07, 6.45) is 0.672. The van der Waals surface area contributed by atoms with Crippen LogP contribution in [-0.4, -0.2) is 63.2 Å². The zero-order valence-electron chi connectivity index (χ0n) is 15.6. The number of nitrogens with zero attached hydrogens (tertiary/aromatic N) is 3. The number of hydrogen-bond donors (Lipinski definition) is 1. The minimum atomic E-state index is -0.239. The third-order valence-corrected chi connectivity index (χ3v) is 4.37. The Labute approximate surface area is 158 Å². The lowest BCUT2D eigenvalue weighted by Gasteiger charge is -2.27. The van der Waals surface area contributed by atoms with Crippen molar-refractivity contribution in [2.45, 2.75) is 6.42 Å². The molecular weight excluding hydrogens is 348 g/mol. The van der Waals surface area contributed by atoms with Gasteiger partial charge in [0.1, 0.15) is 0 Å². The number of morpholine rings is 1. The molecule has 1 saturated heterocycles. The standard InChI is InChI=1S/C19H24N4O4/c1-25-16-5-3-14(13-17(16)26-2)7-8-20-19(24)15-4-6-18(22-21-15)23-9-11-27-12-10-23/h3-6,13H,7-12H2,1-2H3,(H,20,24). The molecule has 0 atom stereocenters. The number of nitrogens with one attached hydrogen (secondary N) is 1. The van der Waals surface area contributed by atoms with Crippen LogP contribution in [0.25, 0.3) is 0 Å². The number of methoxy groups -OCH3 is 2. The van der Waals surface area contributed by atoms with Gasteiger partial charge in [-0.25, -0.2) is 0 Å². The zero-order chi connectivity index (χ0) is 19.1. The van der Waals surface area contributed by atoms with Gasteiger partial charge in [-0.3, -0.25) is 4.79 Å². The van der Waals surface area contributed by atoms with Gasteiger partial charge in [0, 0.05) is 19.6 Å². The number of amides is 1. The number of carbonyl (C=O) groups excluding carboxylic acids is 1. The number of carbonyl (C=O) groups is 1. The third-order valence-electron chi connectivity index (χ3n) is 4.37. The smallest absolute Gasteiger partial charge is 0.271 e. The van der Waals surface area contributed by atoms with Crippen molar-refractivity contribution < 1.29 is 19.0 Å². The Kier molecular flexibility index (Phi) is 6.43. The van der Waals surface area contributed by atoms with Gasteiger partial charge in [0.05, 0.1) is 27.4 Å². The van der Waals surface area contributed by atoms with E-state index in [2.05, 4.69) is 20.4 Å². The molecule has 1 fully saturated rings. The molecule has 8 nitrogen and oxygen atoms in total. The molecule has 0 radical (unpaired) electrons. The SMILES string of the molecule is COc1ccc(CCNC(=O)c2ccc(N3CCOCC3)nn2)cc1OC. The first-order valence-electron chi connectivity index (χ1n) is 8.87. The minimum Gasteiger partial charge on any atom is -0.493 e. The summed E-state index contributed by atoms with van der Waals surface area (Å²) in [5, 5.41) is 11.1. The van der Waals surface area contributed by atoms with Gasteiger partial charge in [-0.2, -0.15) is 0 Å². The fourth-order valence-corrected chi connectivity index (χ4v) is 2.85. The monoisotopic (exact) mass is 372 g/mol. The van der Waals surface area contributed by atoms with E-state index in [-0.39, 0.29) is 5.91 Å². The Morgan fingerprint density at radius 1 is 1.11 bits per heavy atom. The molecule has 0 unspecified atom stereocenters. The van der Waals surface area contributed by atoms with E-state index >= 15 is 0 Å². The van der Waals surface area contributed by atoms with Crippen LogP contribution in [0, 0.1) is 0 Å². The van der Waals surface area contributed by atoms with E-state index in [1.165, 1.54) is 0 Å². The number of benzene rings is 1. The van der Waals surface area contributed by atoms with Crippen LogP contribution in [0.1, 0.15) is 16.1 Å². The molecular formula is C19H24N4O4. The summed E-state index contributed by atoms with van der Waals surface area (Å²) >= 11 is 0. The van der Waals surface area contributed by atoms with Crippen molar-refractivity contribution in [3.05, 3.63) is 41.6 Å². The molecule has 144 valence electrons. The lowest BCUT2D eigenvalue weighted by Crippen LogP contribution is -2.37. The summed E-state index contributed by atoms with van der Waals surface area (Å²) in [5.74, 6) is 1.88. The highest BCUT2D eigenvalue weighted by atomic mass is 16.5. The van der Waals surface area contributed by atoms with E-state index < -0.39 is 0 Å². The first-order chi connectivity index (χ1) is 13.2. The maximum atomic E-state index is 12.3. The summed E-state index contributed by atoms with van der Waals surface area (Å²) in [6, 6.07) is 9.23. The summed E-state index contributed by atoms with van der Waals surface area (Å²) in [5.41, 5.74) is 1.35. The van der Waals surface area contributed by atoms with Crippen LogP contribution >= 0.6 is 0 Å². The number of hydrogen-bond acceptors (Lipinski definition) is 7. The van der Waals surface area contributed by atoms with Crippen LogP contribution in [0.2, 0.25) is 0 Å². The van der Waals surface area contributed by atoms with Crippen LogP contribution in [0.4, 0.5) is 5.82 Å². The zero-order valence-corrected chi connectivity index (χ0v) is 15.6. The van der Waals surface area contributed by atoms with Crippen LogP contribution in [-0.2, 0) is 11.2 Å². The average molecular weight is 372 g/mol. The highest BCUT2D eigenvalue weighted by Gasteiger charge is 2.14. The van der Waals surface area contributed by atoms with E-state index in [1.807, 2.05) is 24.3 Å². The van der Waals surface area contributed by atoms with Gasteiger partial charge in [-0.15, -0.1) is 10.2 Å². The number of rotatable bonds is 7. The molecule has 27 heavy (non-hydrogen) atoms. The Hall–Kier alpha value is -2.87. The molecule has 0 aliphatic carbocycles. The van der Waals surface area contributed by atoms with Gasteiger partial charge in [0.25, 0.3) is 5.91 Å². The molecule has 0 bridgehead atoms. The maximum absolute atomic E-state index is 12.3. The predicted octanol–water partition coefficient (Wildman–Crippen LogP) is 1.30. The van der Waals surface area contributed by atoms with Crippen LogP contribution in [0.15, 0.2) is 30.3 Å². The Morgan fingerprint density at radius 3 is 2.56 bits per heavy atom. The number of ether oxygens (including phenoxy) is 3. The van der Waals surface area contributed by atoms with Crippen molar-refractivity contribution >= 4 is 11.7 Å². The second kappa shape index (κ2) is 9.18. The molecule has 1 aliphatic rings. The van der Waals surface area contributed by atoms with Crippen LogP contribution in [0.5, 0.6) is 11.5 Å². The van der Waals surface area contributed by atoms with Gasteiger partial charge in [-0.1, -0.05) is 6.07 Å². The molecule has 1 aromatic carbocycles. The van der Waals surface area contributed by atoms with E-state index in [9.17, 15) is 4.79 Å². The largest absolute Gasteiger partial charge is 0.493 e. The normalized spacial score (nSPS) is 13.9. The van der Waals surface area contributed by atoms with E-state index in [1.54, 1.807) is 20.3 Å². The van der Waals surface area contributed by atoms with Gasteiger partial charge >= 0.3 is 0 Å². The minimum absolute atomic E-state index is 0.239. The van der Waals surface area contributed by atoms with Gasteiger partial charge < -0.3 is 24.4 Å². The predicted molar refractivity (Wildman–Crippen MR) is 101 cm³/mol. The van der Waals surface area contributed by atoms with E-state index in [0.717, 1.165) is 24.5 Å². The quantitative estimate of drug-likeness (QED) is 0.784. The molecule has 3 rings (SSSR count). The highest BCUT2D eigenvalue weighted by molar-refractivity contribution is 5.92. The summed E-state index contributed by atoms with van der Waals surface area (Å²) in [4.78, 5) is 14.3. The van der Waals surface area contributed by atoms with Gasteiger partial charge in [0.15, 0.2) is 23.0 Å². The Balaban J connectivity index is 1.52. The number of anilines is 1.